The molecule has 0 radical (unpaired) electrons. The lowest BCUT2D eigenvalue weighted by Gasteiger charge is -2.13. The maximum atomic E-state index is 11.2. The van der Waals surface area contributed by atoms with E-state index in [0.717, 1.165) is 12.0 Å². The van der Waals surface area contributed by atoms with Crippen LogP contribution in [-0.4, -0.2) is 27.1 Å². The number of aromatic carboxylic acids is 1. The number of carboxylic acid groups (broad SMARTS) is 1. The molecule has 0 aliphatic heterocycles. The molecule has 0 saturated carbocycles. The van der Waals surface area contributed by atoms with Crippen molar-refractivity contribution in [3.05, 3.63) is 41.0 Å². The fraction of sp³-hybridized carbons (Fsp3) is 0.267. The van der Waals surface area contributed by atoms with E-state index < -0.39 is 5.97 Å². The Morgan fingerprint density at radius 3 is 2.57 bits per heavy atom. The lowest BCUT2D eigenvalue weighted by atomic mass is 10.2. The minimum absolute atomic E-state index is 0.0410. The van der Waals surface area contributed by atoms with Crippen LogP contribution in [0.5, 0.6) is 0 Å². The van der Waals surface area contributed by atoms with Gasteiger partial charge >= 0.3 is 5.97 Å². The average Bonchev–Trinajstić information content (AvgIpc) is 2.47. The number of rotatable bonds is 5. The molecule has 0 amide bonds. The monoisotopic (exact) mass is 305 g/mol. The van der Waals surface area contributed by atoms with Crippen LogP contribution in [0.25, 0.3) is 11.4 Å². The summed E-state index contributed by atoms with van der Waals surface area (Å²) in [5.41, 5.74) is 0.676. The largest absolute Gasteiger partial charge is 0.477 e. The Morgan fingerprint density at radius 2 is 2.00 bits per heavy atom. The minimum atomic E-state index is -1.08. The normalized spacial score (nSPS) is 12.0. The van der Waals surface area contributed by atoms with E-state index in [9.17, 15) is 9.90 Å². The van der Waals surface area contributed by atoms with Gasteiger partial charge in [-0.1, -0.05) is 18.5 Å². The topological polar surface area (TPSA) is 75.1 Å². The maximum Gasteiger partial charge on any atom is 0.354 e. The molecule has 0 aliphatic carbocycles. The molecule has 0 spiro atoms. The van der Waals surface area contributed by atoms with E-state index in [-0.39, 0.29) is 11.7 Å². The molecule has 0 saturated heterocycles. The Bertz CT molecular complexity index is 644. The van der Waals surface area contributed by atoms with Crippen LogP contribution in [0.4, 0.5) is 5.82 Å². The van der Waals surface area contributed by atoms with Gasteiger partial charge in [-0.2, -0.15) is 0 Å². The third-order valence-electron chi connectivity index (χ3n) is 3.05. The number of benzene rings is 1. The molecule has 0 fully saturated rings. The van der Waals surface area contributed by atoms with Gasteiger partial charge in [0.1, 0.15) is 5.82 Å². The Balaban J connectivity index is 2.44. The number of halogens is 1. The predicted octanol–water partition coefficient (Wildman–Crippen LogP) is 3.71. The number of carbonyl (C=O) groups is 1. The van der Waals surface area contributed by atoms with Crippen LogP contribution in [0, 0.1) is 0 Å². The summed E-state index contributed by atoms with van der Waals surface area (Å²) in [5, 5.41) is 12.9. The first-order valence-electron chi connectivity index (χ1n) is 6.64. The Kier molecular flexibility index (Phi) is 4.75. The quantitative estimate of drug-likeness (QED) is 0.881. The highest BCUT2D eigenvalue weighted by atomic mass is 35.5. The van der Waals surface area contributed by atoms with Gasteiger partial charge in [-0.3, -0.25) is 0 Å². The Hall–Kier alpha value is -2.14. The highest BCUT2D eigenvalue weighted by molar-refractivity contribution is 6.30. The van der Waals surface area contributed by atoms with Crippen molar-refractivity contribution in [3.63, 3.8) is 0 Å². The number of nitrogens with one attached hydrogen (secondary N) is 1. The fourth-order valence-electron chi connectivity index (χ4n) is 1.71. The van der Waals surface area contributed by atoms with Crippen LogP contribution in [-0.2, 0) is 0 Å². The summed E-state index contributed by atoms with van der Waals surface area (Å²) in [7, 11) is 0. The van der Waals surface area contributed by atoms with E-state index in [1.807, 2.05) is 13.8 Å². The van der Waals surface area contributed by atoms with Gasteiger partial charge in [0.25, 0.3) is 0 Å². The number of anilines is 1. The van der Waals surface area contributed by atoms with Gasteiger partial charge in [-0.25, -0.2) is 14.8 Å². The number of aromatic nitrogens is 2. The zero-order valence-corrected chi connectivity index (χ0v) is 12.6. The van der Waals surface area contributed by atoms with Crippen molar-refractivity contribution in [1.82, 2.24) is 9.97 Å². The molecule has 1 aromatic heterocycles. The van der Waals surface area contributed by atoms with E-state index in [1.54, 1.807) is 24.3 Å². The molecule has 0 bridgehead atoms. The minimum Gasteiger partial charge on any atom is -0.477 e. The number of hydrogen-bond donors (Lipinski definition) is 2. The predicted molar refractivity (Wildman–Crippen MR) is 82.8 cm³/mol. The van der Waals surface area contributed by atoms with Crippen LogP contribution < -0.4 is 5.32 Å². The lowest BCUT2D eigenvalue weighted by molar-refractivity contribution is 0.0690. The SMILES string of the molecule is CCC(C)Nc1cc(C(=O)O)nc(-c2ccc(Cl)cc2)n1. The van der Waals surface area contributed by atoms with Crippen LogP contribution in [0.15, 0.2) is 30.3 Å². The molecule has 2 rings (SSSR count). The summed E-state index contributed by atoms with van der Waals surface area (Å²) in [6.07, 6.45) is 0.905. The number of hydrogen-bond acceptors (Lipinski definition) is 4. The van der Waals surface area contributed by atoms with Crippen LogP contribution in [0.2, 0.25) is 5.02 Å². The molecule has 5 nitrogen and oxygen atoms in total. The Labute approximate surface area is 128 Å². The van der Waals surface area contributed by atoms with Gasteiger partial charge in [-0.15, -0.1) is 0 Å². The van der Waals surface area contributed by atoms with Crippen LogP contribution >= 0.6 is 11.6 Å². The molecule has 110 valence electrons. The summed E-state index contributed by atoms with van der Waals surface area (Å²) >= 11 is 5.85. The van der Waals surface area contributed by atoms with Crippen molar-refractivity contribution in [2.45, 2.75) is 26.3 Å². The first kappa shape index (κ1) is 15.3. The van der Waals surface area contributed by atoms with Crippen molar-refractivity contribution >= 4 is 23.4 Å². The molecule has 1 atom stereocenters. The molecule has 6 heteroatoms. The molecule has 21 heavy (non-hydrogen) atoms. The zero-order chi connectivity index (χ0) is 15.4. The van der Waals surface area contributed by atoms with E-state index in [0.29, 0.717) is 16.7 Å². The van der Waals surface area contributed by atoms with Gasteiger partial charge in [0.05, 0.1) is 0 Å². The van der Waals surface area contributed by atoms with Crippen molar-refractivity contribution in [2.24, 2.45) is 0 Å². The van der Waals surface area contributed by atoms with Crippen molar-refractivity contribution < 1.29 is 9.90 Å². The molecule has 1 heterocycles. The van der Waals surface area contributed by atoms with Crippen molar-refractivity contribution in [3.8, 4) is 11.4 Å². The summed E-state index contributed by atoms with van der Waals surface area (Å²) in [4.78, 5) is 19.7. The van der Waals surface area contributed by atoms with Crippen LogP contribution in [0.3, 0.4) is 0 Å². The molecule has 0 aliphatic rings. The average molecular weight is 306 g/mol. The second kappa shape index (κ2) is 6.54. The first-order valence-corrected chi connectivity index (χ1v) is 7.02. The smallest absolute Gasteiger partial charge is 0.354 e. The first-order chi connectivity index (χ1) is 9.99. The van der Waals surface area contributed by atoms with Gasteiger partial charge in [0, 0.05) is 22.7 Å². The van der Waals surface area contributed by atoms with Gasteiger partial charge in [-0.05, 0) is 37.6 Å². The number of nitrogens with zero attached hydrogens (tertiary/aromatic N) is 2. The molecular formula is C15H16ClN3O2. The molecule has 2 N–H and O–H groups in total. The third kappa shape index (κ3) is 3.92. The second-order valence-corrected chi connectivity index (χ2v) is 5.16. The van der Waals surface area contributed by atoms with Gasteiger partial charge in [0.15, 0.2) is 11.5 Å². The van der Waals surface area contributed by atoms with E-state index in [1.165, 1.54) is 6.07 Å². The summed E-state index contributed by atoms with van der Waals surface area (Å²) in [5.74, 6) is -0.223. The zero-order valence-electron chi connectivity index (χ0n) is 11.8. The van der Waals surface area contributed by atoms with E-state index in [2.05, 4.69) is 15.3 Å². The van der Waals surface area contributed by atoms with Gasteiger partial charge in [0.2, 0.25) is 0 Å². The summed E-state index contributed by atoms with van der Waals surface area (Å²) in [6.45, 7) is 4.04. The van der Waals surface area contributed by atoms with E-state index >= 15 is 0 Å². The van der Waals surface area contributed by atoms with Crippen LogP contribution in [0.1, 0.15) is 30.8 Å². The highest BCUT2D eigenvalue weighted by Crippen LogP contribution is 2.21. The van der Waals surface area contributed by atoms with E-state index in [4.69, 9.17) is 11.6 Å². The Morgan fingerprint density at radius 1 is 1.33 bits per heavy atom. The second-order valence-electron chi connectivity index (χ2n) is 4.73. The maximum absolute atomic E-state index is 11.2. The molecular weight excluding hydrogens is 290 g/mol. The third-order valence-corrected chi connectivity index (χ3v) is 3.31. The molecule has 1 aromatic carbocycles. The highest BCUT2D eigenvalue weighted by Gasteiger charge is 2.12. The molecule has 1 unspecified atom stereocenters. The fourth-order valence-corrected chi connectivity index (χ4v) is 1.84. The van der Waals surface area contributed by atoms with Gasteiger partial charge < -0.3 is 10.4 Å². The summed E-state index contributed by atoms with van der Waals surface area (Å²) in [6, 6.07) is 8.59. The van der Waals surface area contributed by atoms with Crippen molar-refractivity contribution in [1.29, 1.82) is 0 Å². The van der Waals surface area contributed by atoms with Crippen molar-refractivity contribution in [2.75, 3.05) is 5.32 Å². The number of carboxylic acids is 1. The summed E-state index contributed by atoms with van der Waals surface area (Å²) < 4.78 is 0. The standard InChI is InChI=1S/C15H16ClN3O2/c1-3-9(2)17-13-8-12(15(20)21)18-14(19-13)10-4-6-11(16)7-5-10/h4-9H,3H2,1-2H3,(H,20,21)(H,17,18,19). The lowest BCUT2D eigenvalue weighted by Crippen LogP contribution is -2.16. The molecule has 2 aromatic rings.